The number of rotatable bonds is 5. The molecule has 0 aliphatic carbocycles. The molecule has 0 radical (unpaired) electrons. The fourth-order valence-electron chi connectivity index (χ4n) is 1.32. The molecule has 0 bridgehead atoms. The van der Waals surface area contributed by atoms with E-state index in [4.69, 9.17) is 5.73 Å². The highest BCUT2D eigenvalue weighted by atomic mass is 32.2. The maximum Gasteiger partial charge on any atom is 0.137 e. The molecule has 2 N–H and O–H groups in total. The topological polar surface area (TPSA) is 26.0 Å². The highest BCUT2D eigenvalue weighted by molar-refractivity contribution is 8.00. The van der Waals surface area contributed by atoms with Crippen LogP contribution < -0.4 is 5.73 Å². The van der Waals surface area contributed by atoms with Crippen LogP contribution in [0.1, 0.15) is 25.8 Å². The van der Waals surface area contributed by atoms with Gasteiger partial charge in [-0.25, -0.2) is 4.39 Å². The molecule has 0 fully saturated rings. The summed E-state index contributed by atoms with van der Waals surface area (Å²) >= 11 is 1.61. The Kier molecular flexibility index (Phi) is 5.12. The van der Waals surface area contributed by atoms with E-state index in [0.29, 0.717) is 11.8 Å². The number of thioether (sulfide) groups is 1. The first-order chi connectivity index (χ1) is 7.19. The molecule has 3 heteroatoms. The Bertz CT molecular complexity index is 314. The van der Waals surface area contributed by atoms with Crippen LogP contribution in [0.4, 0.5) is 4.39 Å². The second-order valence-corrected chi connectivity index (χ2v) is 5.05. The lowest BCUT2D eigenvalue weighted by Crippen LogP contribution is -2.05. The Labute approximate surface area is 95.2 Å². The van der Waals surface area contributed by atoms with Crippen LogP contribution in [0, 0.1) is 5.82 Å². The summed E-state index contributed by atoms with van der Waals surface area (Å²) in [5, 5.41) is 0.443. The summed E-state index contributed by atoms with van der Waals surface area (Å²) < 4.78 is 13.6. The van der Waals surface area contributed by atoms with Crippen LogP contribution in [0.5, 0.6) is 0 Å². The molecule has 0 spiro atoms. The summed E-state index contributed by atoms with van der Waals surface area (Å²) in [5.74, 6) is -0.119. The van der Waals surface area contributed by atoms with E-state index in [-0.39, 0.29) is 5.82 Å². The van der Waals surface area contributed by atoms with Gasteiger partial charge in [-0.05, 0) is 31.0 Å². The Morgan fingerprint density at radius 1 is 1.47 bits per heavy atom. The van der Waals surface area contributed by atoms with E-state index in [1.807, 2.05) is 6.07 Å². The summed E-state index contributed by atoms with van der Waals surface area (Å²) in [6.07, 6.45) is 1.79. The van der Waals surface area contributed by atoms with E-state index >= 15 is 0 Å². The van der Waals surface area contributed by atoms with E-state index in [1.165, 1.54) is 6.07 Å². The van der Waals surface area contributed by atoms with E-state index in [1.54, 1.807) is 17.8 Å². The first kappa shape index (κ1) is 12.5. The zero-order valence-corrected chi connectivity index (χ0v) is 10.1. The van der Waals surface area contributed by atoms with Gasteiger partial charge in [0.1, 0.15) is 5.82 Å². The van der Waals surface area contributed by atoms with Gasteiger partial charge < -0.3 is 5.73 Å². The molecule has 0 aliphatic heterocycles. The van der Waals surface area contributed by atoms with Crippen molar-refractivity contribution in [3.05, 3.63) is 29.6 Å². The second-order valence-electron chi connectivity index (χ2n) is 3.60. The van der Waals surface area contributed by atoms with Crippen molar-refractivity contribution in [1.29, 1.82) is 0 Å². The van der Waals surface area contributed by atoms with Crippen LogP contribution in [0.25, 0.3) is 0 Å². The Morgan fingerprint density at radius 3 is 2.80 bits per heavy atom. The first-order valence-corrected chi connectivity index (χ1v) is 6.21. The molecular formula is C12H18FNS. The normalized spacial score (nSPS) is 12.8. The Hall–Kier alpha value is -0.540. The van der Waals surface area contributed by atoms with E-state index < -0.39 is 0 Å². The summed E-state index contributed by atoms with van der Waals surface area (Å²) in [6.45, 7) is 4.79. The molecule has 1 aromatic rings. The number of halogens is 1. The molecule has 0 saturated heterocycles. The minimum Gasteiger partial charge on any atom is -0.330 e. The smallest absolute Gasteiger partial charge is 0.137 e. The molecule has 15 heavy (non-hydrogen) atoms. The van der Waals surface area contributed by atoms with E-state index in [2.05, 4.69) is 13.8 Å². The van der Waals surface area contributed by atoms with Crippen LogP contribution in [-0.4, -0.2) is 11.8 Å². The van der Waals surface area contributed by atoms with Gasteiger partial charge in [-0.15, -0.1) is 11.8 Å². The third-order valence-corrected chi connectivity index (χ3v) is 3.78. The van der Waals surface area contributed by atoms with Gasteiger partial charge in [0.05, 0.1) is 0 Å². The summed E-state index contributed by atoms with van der Waals surface area (Å²) in [6, 6.07) is 5.23. The molecule has 0 aliphatic rings. The summed E-state index contributed by atoms with van der Waals surface area (Å²) in [4.78, 5) is 0.775. The van der Waals surface area contributed by atoms with E-state index in [0.717, 1.165) is 23.3 Å². The van der Waals surface area contributed by atoms with Crippen molar-refractivity contribution < 1.29 is 4.39 Å². The lowest BCUT2D eigenvalue weighted by atomic mass is 10.1. The van der Waals surface area contributed by atoms with Gasteiger partial charge in [0.25, 0.3) is 0 Å². The molecule has 1 nitrogen and oxygen atoms in total. The van der Waals surface area contributed by atoms with Crippen molar-refractivity contribution in [2.75, 3.05) is 6.54 Å². The zero-order chi connectivity index (χ0) is 11.3. The Morgan fingerprint density at radius 2 is 2.20 bits per heavy atom. The third kappa shape index (κ3) is 3.50. The molecule has 1 unspecified atom stereocenters. The van der Waals surface area contributed by atoms with Gasteiger partial charge in [0, 0.05) is 10.1 Å². The van der Waals surface area contributed by atoms with Crippen molar-refractivity contribution in [2.24, 2.45) is 5.73 Å². The monoisotopic (exact) mass is 227 g/mol. The molecule has 1 rings (SSSR count). The lowest BCUT2D eigenvalue weighted by molar-refractivity contribution is 0.596. The van der Waals surface area contributed by atoms with Gasteiger partial charge in [0.2, 0.25) is 0 Å². The number of hydrogen-bond acceptors (Lipinski definition) is 2. The van der Waals surface area contributed by atoms with Crippen LogP contribution in [-0.2, 0) is 6.42 Å². The average molecular weight is 227 g/mol. The van der Waals surface area contributed by atoms with Gasteiger partial charge >= 0.3 is 0 Å². The van der Waals surface area contributed by atoms with Gasteiger partial charge in [-0.3, -0.25) is 0 Å². The number of nitrogens with two attached hydrogens (primary N) is 1. The Balaban J connectivity index is 2.91. The minimum atomic E-state index is -0.119. The SMILES string of the molecule is CCC(C)Sc1c(F)cccc1CCN. The predicted octanol–water partition coefficient (Wildman–Crippen LogP) is 3.22. The first-order valence-electron chi connectivity index (χ1n) is 5.33. The van der Waals surface area contributed by atoms with Crippen molar-refractivity contribution >= 4 is 11.8 Å². The molecule has 0 heterocycles. The minimum absolute atomic E-state index is 0.119. The van der Waals surface area contributed by atoms with Crippen LogP contribution in [0.3, 0.4) is 0 Å². The van der Waals surface area contributed by atoms with Crippen LogP contribution in [0.2, 0.25) is 0 Å². The molecule has 0 saturated carbocycles. The highest BCUT2D eigenvalue weighted by Gasteiger charge is 2.11. The predicted molar refractivity (Wildman–Crippen MR) is 64.8 cm³/mol. The zero-order valence-electron chi connectivity index (χ0n) is 9.29. The van der Waals surface area contributed by atoms with E-state index in [9.17, 15) is 4.39 Å². The van der Waals surface area contributed by atoms with Gasteiger partial charge in [0.15, 0.2) is 0 Å². The van der Waals surface area contributed by atoms with Crippen molar-refractivity contribution in [3.63, 3.8) is 0 Å². The maximum atomic E-state index is 13.6. The lowest BCUT2D eigenvalue weighted by Gasteiger charge is -2.13. The molecule has 0 aromatic heterocycles. The van der Waals surface area contributed by atoms with Crippen molar-refractivity contribution in [3.8, 4) is 0 Å². The average Bonchev–Trinajstić information content (AvgIpc) is 2.23. The summed E-state index contributed by atoms with van der Waals surface area (Å²) in [7, 11) is 0. The van der Waals surface area contributed by atoms with Crippen molar-refractivity contribution in [2.45, 2.75) is 36.8 Å². The van der Waals surface area contributed by atoms with Crippen molar-refractivity contribution in [1.82, 2.24) is 0 Å². The van der Waals surface area contributed by atoms with Gasteiger partial charge in [-0.1, -0.05) is 26.0 Å². The fraction of sp³-hybridized carbons (Fsp3) is 0.500. The molecule has 0 amide bonds. The van der Waals surface area contributed by atoms with Gasteiger partial charge in [-0.2, -0.15) is 0 Å². The fourth-order valence-corrected chi connectivity index (χ4v) is 2.39. The number of hydrogen-bond donors (Lipinski definition) is 1. The number of benzene rings is 1. The van der Waals surface area contributed by atoms with Crippen LogP contribution in [0.15, 0.2) is 23.1 Å². The second kappa shape index (κ2) is 6.13. The highest BCUT2D eigenvalue weighted by Crippen LogP contribution is 2.30. The molecule has 1 aromatic carbocycles. The molecule has 84 valence electrons. The molecule has 1 atom stereocenters. The standard InChI is InChI=1S/C12H18FNS/c1-3-9(2)15-12-10(7-8-14)5-4-6-11(12)13/h4-6,9H,3,7-8,14H2,1-2H3. The maximum absolute atomic E-state index is 13.6. The van der Waals surface area contributed by atoms with Crippen LogP contribution >= 0.6 is 11.8 Å². The quantitative estimate of drug-likeness (QED) is 0.782. The third-order valence-electron chi connectivity index (χ3n) is 2.36. The molecular weight excluding hydrogens is 209 g/mol. The largest absolute Gasteiger partial charge is 0.330 e. The summed E-state index contributed by atoms with van der Waals surface area (Å²) in [5.41, 5.74) is 6.54.